The number of nitrogens with zero attached hydrogens (tertiary/aromatic N) is 4. The maximum absolute atomic E-state index is 12.2. The number of para-hydroxylation sites is 4. The molecule has 12 heteroatoms. The fourth-order valence-corrected chi connectivity index (χ4v) is 15.1. The number of fused-ring (bicyclic) bond motifs is 10. The predicted molar refractivity (Wildman–Crippen MR) is 297 cm³/mol. The van der Waals surface area contributed by atoms with Gasteiger partial charge in [0.15, 0.2) is 0 Å². The second-order valence-electron chi connectivity index (χ2n) is 17.3. The molecule has 4 heterocycles. The summed E-state index contributed by atoms with van der Waals surface area (Å²) in [4.78, 5) is 36.2. The molecule has 0 saturated heterocycles. The van der Waals surface area contributed by atoms with E-state index in [0.717, 1.165) is 96.8 Å². The zero-order valence-electron chi connectivity index (χ0n) is 38.3. The standard InChI is InChI=1S/C61H36N4O4S4/c62-35-39(59(66)67)29-47-31-49-55(70-47)57-51(33-53(72-57)37-21-25-45(26-22-37)64(41-13-5-1-6-14-41)42-15-7-2-8-16-42)61(49)50-32-48(30-40(36-63)60(68)69)71-56(50)58-52(61)34-54(73-58)38-23-27-46(28-24-38)65(43-17-9-3-10-18-43)44-19-11-4-12-20-44/h1-34H,(H,66,67)(H,68,69)/b39-29-,40-30-. The SMILES string of the molecule is N#C/C(=C/c1cc2c(s1)-c1sc(-c3ccc(N(c4ccccc4)c4ccccc4)cc3)cc1C21c2cc(/C=C(/C#N)C(=O)O)sc2-c2sc(-c3ccc(N(c4ccccc4)c4ccccc4)cc3)cc21)C(=O)O. The van der Waals surface area contributed by atoms with Crippen molar-refractivity contribution in [3.8, 4) is 52.5 Å². The molecule has 348 valence electrons. The van der Waals surface area contributed by atoms with Crippen LogP contribution >= 0.6 is 45.3 Å². The van der Waals surface area contributed by atoms with E-state index in [9.17, 15) is 30.3 Å². The Morgan fingerprint density at radius 3 is 1.00 bits per heavy atom. The molecule has 4 aromatic heterocycles. The van der Waals surface area contributed by atoms with Gasteiger partial charge in [-0.25, -0.2) is 9.59 Å². The van der Waals surface area contributed by atoms with Gasteiger partial charge >= 0.3 is 11.9 Å². The van der Waals surface area contributed by atoms with Crippen LogP contribution in [0.1, 0.15) is 32.0 Å². The first-order valence-electron chi connectivity index (χ1n) is 23.0. The minimum absolute atomic E-state index is 0.367. The molecule has 0 unspecified atom stereocenters. The smallest absolute Gasteiger partial charge is 0.346 e. The molecule has 2 aliphatic carbocycles. The Balaban J connectivity index is 1.03. The zero-order valence-corrected chi connectivity index (χ0v) is 41.5. The fourth-order valence-electron chi connectivity index (χ4n) is 10.0. The van der Waals surface area contributed by atoms with Crippen molar-refractivity contribution < 1.29 is 19.8 Å². The Bertz CT molecular complexity index is 3600. The molecule has 8 nitrogen and oxygen atoms in total. The van der Waals surface area contributed by atoms with Gasteiger partial charge in [0.1, 0.15) is 23.3 Å². The van der Waals surface area contributed by atoms with E-state index in [4.69, 9.17) is 0 Å². The van der Waals surface area contributed by atoms with Gasteiger partial charge in [-0.1, -0.05) is 97.1 Å². The van der Waals surface area contributed by atoms with Gasteiger partial charge in [-0.3, -0.25) is 0 Å². The normalized spacial score (nSPS) is 12.8. The molecule has 0 bridgehead atoms. The van der Waals surface area contributed by atoms with E-state index in [0.29, 0.717) is 9.75 Å². The average Bonchev–Trinajstić information content (AvgIpc) is 4.32. The fraction of sp³-hybridized carbons (Fsp3) is 0.0164. The van der Waals surface area contributed by atoms with Crippen molar-refractivity contribution in [2.45, 2.75) is 5.41 Å². The molecule has 6 aromatic carbocycles. The molecule has 2 N–H and O–H groups in total. The number of rotatable bonds is 12. The average molecular weight is 1020 g/mol. The lowest BCUT2D eigenvalue weighted by Crippen LogP contribution is -2.24. The summed E-state index contributed by atoms with van der Waals surface area (Å²) in [5, 5.41) is 39.7. The van der Waals surface area contributed by atoms with Crippen molar-refractivity contribution in [2.24, 2.45) is 0 Å². The first kappa shape index (κ1) is 45.3. The molecule has 0 radical (unpaired) electrons. The summed E-state index contributed by atoms with van der Waals surface area (Å²) in [6.07, 6.45) is 2.88. The van der Waals surface area contributed by atoms with Crippen LogP contribution in [-0.4, -0.2) is 22.2 Å². The Morgan fingerprint density at radius 1 is 0.411 bits per heavy atom. The van der Waals surface area contributed by atoms with E-state index in [1.807, 2.05) is 97.1 Å². The molecule has 0 saturated carbocycles. The third-order valence-corrected chi connectivity index (χ3v) is 18.0. The Hall–Kier alpha value is -8.88. The van der Waals surface area contributed by atoms with Crippen molar-refractivity contribution in [1.82, 2.24) is 0 Å². The molecule has 0 amide bonds. The van der Waals surface area contributed by atoms with Crippen LogP contribution in [0.2, 0.25) is 0 Å². The van der Waals surface area contributed by atoms with E-state index in [2.05, 4.69) is 119 Å². The number of aliphatic carboxylic acids is 2. The lowest BCUT2D eigenvalue weighted by atomic mass is 9.72. The van der Waals surface area contributed by atoms with E-state index >= 15 is 0 Å². The highest BCUT2D eigenvalue weighted by molar-refractivity contribution is 7.26. The number of carboxylic acid groups (broad SMARTS) is 2. The van der Waals surface area contributed by atoms with E-state index in [1.54, 1.807) is 22.7 Å². The number of thiophene rings is 4. The van der Waals surface area contributed by atoms with Crippen LogP contribution in [-0.2, 0) is 15.0 Å². The van der Waals surface area contributed by atoms with Crippen molar-refractivity contribution >= 4 is 104 Å². The monoisotopic (exact) mass is 1020 g/mol. The highest BCUT2D eigenvalue weighted by Crippen LogP contribution is 2.69. The zero-order chi connectivity index (χ0) is 49.8. The first-order valence-corrected chi connectivity index (χ1v) is 26.3. The maximum atomic E-state index is 12.2. The summed E-state index contributed by atoms with van der Waals surface area (Å²) in [7, 11) is 0. The van der Waals surface area contributed by atoms with Gasteiger partial charge in [0, 0.05) is 53.6 Å². The van der Waals surface area contributed by atoms with Crippen LogP contribution in [0, 0.1) is 22.7 Å². The number of nitriles is 2. The minimum atomic E-state index is -1.30. The number of anilines is 6. The molecule has 0 aliphatic heterocycles. The molecule has 2 aliphatic rings. The van der Waals surface area contributed by atoms with Gasteiger partial charge in [0.2, 0.25) is 0 Å². The summed E-state index contributed by atoms with van der Waals surface area (Å²) >= 11 is 6.26. The first-order chi connectivity index (χ1) is 35.7. The number of benzene rings is 6. The van der Waals surface area contributed by atoms with Crippen LogP contribution < -0.4 is 9.80 Å². The molecule has 73 heavy (non-hydrogen) atoms. The summed E-state index contributed by atoms with van der Waals surface area (Å²) in [5.41, 5.74) is 10.6. The van der Waals surface area contributed by atoms with Crippen LogP contribution in [0.5, 0.6) is 0 Å². The molecule has 0 atom stereocenters. The van der Waals surface area contributed by atoms with Crippen LogP contribution in [0.4, 0.5) is 34.1 Å². The number of hydrogen-bond donors (Lipinski definition) is 2. The second-order valence-corrected chi connectivity index (χ2v) is 21.6. The molecule has 0 fully saturated rings. The van der Waals surface area contributed by atoms with Crippen molar-refractivity contribution in [3.63, 3.8) is 0 Å². The second kappa shape index (κ2) is 18.4. The van der Waals surface area contributed by atoms with Crippen LogP contribution in [0.25, 0.3) is 52.5 Å². The molecule has 12 rings (SSSR count). The Labute approximate surface area is 436 Å². The maximum Gasteiger partial charge on any atom is 0.346 e. The molecular weight excluding hydrogens is 981 g/mol. The number of carbonyl (C=O) groups is 2. The third kappa shape index (κ3) is 7.69. The summed E-state index contributed by atoms with van der Waals surface area (Å²) in [6, 6.07) is 70.5. The van der Waals surface area contributed by atoms with E-state index in [1.165, 1.54) is 34.8 Å². The summed E-state index contributed by atoms with van der Waals surface area (Å²) in [5.74, 6) is -2.61. The summed E-state index contributed by atoms with van der Waals surface area (Å²) < 4.78 is 0. The van der Waals surface area contributed by atoms with Gasteiger partial charge in [-0.15, -0.1) is 45.3 Å². The third-order valence-electron chi connectivity index (χ3n) is 13.1. The van der Waals surface area contributed by atoms with E-state index < -0.39 is 17.4 Å². The quantitative estimate of drug-likeness (QED) is 0.0914. The molecule has 1 spiro atoms. The number of carboxylic acids is 2. The lowest BCUT2D eigenvalue weighted by Gasteiger charge is -2.27. The van der Waals surface area contributed by atoms with Crippen LogP contribution in [0.3, 0.4) is 0 Å². The van der Waals surface area contributed by atoms with Gasteiger partial charge in [-0.05, 0) is 143 Å². The number of hydrogen-bond acceptors (Lipinski definition) is 10. The van der Waals surface area contributed by atoms with Crippen LogP contribution in [0.15, 0.2) is 205 Å². The minimum Gasteiger partial charge on any atom is -0.477 e. The van der Waals surface area contributed by atoms with Crippen molar-refractivity contribution in [3.05, 3.63) is 237 Å². The predicted octanol–water partition coefficient (Wildman–Crippen LogP) is 16.5. The lowest BCUT2D eigenvalue weighted by molar-refractivity contribution is -0.133. The van der Waals surface area contributed by atoms with Gasteiger partial charge in [0.25, 0.3) is 0 Å². The van der Waals surface area contributed by atoms with E-state index in [-0.39, 0.29) is 11.1 Å². The van der Waals surface area contributed by atoms with Gasteiger partial charge in [0.05, 0.1) is 24.9 Å². The highest BCUT2D eigenvalue weighted by Gasteiger charge is 2.55. The largest absolute Gasteiger partial charge is 0.477 e. The topological polar surface area (TPSA) is 129 Å². The summed E-state index contributed by atoms with van der Waals surface area (Å²) in [6.45, 7) is 0. The van der Waals surface area contributed by atoms with Gasteiger partial charge < -0.3 is 20.0 Å². The Morgan fingerprint density at radius 2 is 0.699 bits per heavy atom. The molecule has 10 aromatic rings. The van der Waals surface area contributed by atoms with Crippen molar-refractivity contribution in [1.29, 1.82) is 10.5 Å². The highest BCUT2D eigenvalue weighted by atomic mass is 32.1. The Kier molecular flexibility index (Phi) is 11.4. The molecular formula is C61H36N4O4S4. The van der Waals surface area contributed by atoms with Crippen molar-refractivity contribution in [2.75, 3.05) is 9.80 Å². The van der Waals surface area contributed by atoms with Gasteiger partial charge in [-0.2, -0.15) is 10.5 Å².